The third-order valence-corrected chi connectivity index (χ3v) is 3.85. The molecule has 2 aromatic heterocycles. The van der Waals surface area contributed by atoms with E-state index in [0.29, 0.717) is 0 Å². The average Bonchev–Trinajstić information content (AvgIpc) is 3.04. The van der Waals surface area contributed by atoms with Crippen LogP contribution in [-0.2, 0) is 0 Å². The Bertz CT molecular complexity index is 556. The summed E-state index contributed by atoms with van der Waals surface area (Å²) in [5, 5.41) is 20.5. The van der Waals surface area contributed by atoms with Gasteiger partial charge < -0.3 is 10.4 Å². The van der Waals surface area contributed by atoms with E-state index in [1.54, 1.807) is 6.20 Å². The van der Waals surface area contributed by atoms with Crippen molar-refractivity contribution in [1.29, 1.82) is 0 Å². The van der Waals surface area contributed by atoms with Crippen LogP contribution >= 0.6 is 0 Å². The minimum absolute atomic E-state index is 0.209. The van der Waals surface area contributed by atoms with E-state index in [9.17, 15) is 5.11 Å². The van der Waals surface area contributed by atoms with Gasteiger partial charge in [-0.25, -0.2) is 9.97 Å². The van der Waals surface area contributed by atoms with Crippen molar-refractivity contribution in [2.75, 3.05) is 11.9 Å². The summed E-state index contributed by atoms with van der Waals surface area (Å²) in [7, 11) is 0. The van der Waals surface area contributed by atoms with Gasteiger partial charge in [0.1, 0.15) is 11.6 Å². The summed E-state index contributed by atoms with van der Waals surface area (Å²) in [5.74, 6) is 2.94. The second kappa shape index (κ2) is 5.58. The highest BCUT2D eigenvalue weighted by Gasteiger charge is 2.35. The number of hydrogen-bond acceptors (Lipinski definition) is 5. The number of anilines is 1. The molecule has 0 amide bonds. The molecule has 3 N–H and O–H groups in total. The van der Waals surface area contributed by atoms with Gasteiger partial charge in [-0.3, -0.25) is 5.10 Å². The molecule has 0 saturated heterocycles. The maximum atomic E-state index is 10.2. The Kier molecular flexibility index (Phi) is 3.64. The number of nitrogens with zero attached hydrogens (tertiary/aromatic N) is 3. The zero-order chi connectivity index (χ0) is 13.9. The summed E-state index contributed by atoms with van der Waals surface area (Å²) in [5.41, 5.74) is 0. The molecular formula is C14H19N5O. The number of nitrogens with one attached hydrogen (secondary N) is 2. The quantitative estimate of drug-likeness (QED) is 0.785. The molecular weight excluding hydrogens is 254 g/mol. The molecule has 0 aliphatic heterocycles. The van der Waals surface area contributed by atoms with Crippen LogP contribution in [0.2, 0.25) is 0 Å². The van der Waals surface area contributed by atoms with Crippen molar-refractivity contribution in [3.05, 3.63) is 36.0 Å². The van der Waals surface area contributed by atoms with Gasteiger partial charge in [-0.05, 0) is 31.9 Å². The van der Waals surface area contributed by atoms with E-state index in [2.05, 4.69) is 25.5 Å². The SMILES string of the molecule is Cc1nc([C@H]2C[C@H](CNc3ccccn3)[C@H](O)C2)n[nH]1. The Hall–Kier alpha value is -1.95. The Morgan fingerprint density at radius 2 is 2.30 bits per heavy atom. The molecule has 0 aromatic carbocycles. The van der Waals surface area contributed by atoms with Crippen LogP contribution in [0, 0.1) is 12.8 Å². The number of pyridine rings is 1. The molecule has 106 valence electrons. The van der Waals surface area contributed by atoms with E-state index < -0.39 is 0 Å². The van der Waals surface area contributed by atoms with Crippen LogP contribution < -0.4 is 5.32 Å². The van der Waals surface area contributed by atoms with Gasteiger partial charge in [0.05, 0.1) is 6.10 Å². The Morgan fingerprint density at radius 3 is 3.00 bits per heavy atom. The summed E-state index contributed by atoms with van der Waals surface area (Å²) >= 11 is 0. The van der Waals surface area contributed by atoms with Crippen LogP contribution in [-0.4, -0.2) is 37.9 Å². The Morgan fingerprint density at radius 1 is 1.40 bits per heavy atom. The molecule has 1 saturated carbocycles. The summed E-state index contributed by atoms with van der Waals surface area (Å²) in [6.45, 7) is 2.61. The number of aromatic amines is 1. The first kappa shape index (κ1) is 13.1. The Balaban J connectivity index is 1.58. The normalized spacial score (nSPS) is 25.8. The highest BCUT2D eigenvalue weighted by molar-refractivity contribution is 5.33. The molecule has 1 fully saturated rings. The molecule has 6 nitrogen and oxygen atoms in total. The smallest absolute Gasteiger partial charge is 0.153 e. The highest BCUT2D eigenvalue weighted by Crippen LogP contribution is 2.37. The number of H-pyrrole nitrogens is 1. The third kappa shape index (κ3) is 2.80. The van der Waals surface area contributed by atoms with Crippen LogP contribution in [0.5, 0.6) is 0 Å². The van der Waals surface area contributed by atoms with E-state index in [1.807, 2.05) is 25.1 Å². The standard InChI is InChI=1S/C14H19N5O/c1-9-17-14(19-18-9)10-6-11(12(20)7-10)8-16-13-4-2-3-5-15-13/h2-5,10-12,20H,6-8H2,1H3,(H,15,16)(H,17,18,19)/t10-,11+,12+/m0/s1. The number of aromatic nitrogens is 4. The number of aliphatic hydroxyl groups is 1. The fourth-order valence-corrected chi connectivity index (χ4v) is 2.78. The summed E-state index contributed by atoms with van der Waals surface area (Å²) in [6, 6.07) is 5.76. The third-order valence-electron chi connectivity index (χ3n) is 3.85. The van der Waals surface area contributed by atoms with E-state index in [0.717, 1.165) is 36.9 Å². The van der Waals surface area contributed by atoms with Gasteiger partial charge in [-0.2, -0.15) is 5.10 Å². The predicted molar refractivity (Wildman–Crippen MR) is 75.3 cm³/mol. The second-order valence-electron chi connectivity index (χ2n) is 5.37. The first-order valence-electron chi connectivity index (χ1n) is 6.94. The van der Waals surface area contributed by atoms with Crippen molar-refractivity contribution in [3.63, 3.8) is 0 Å². The van der Waals surface area contributed by atoms with Gasteiger partial charge in [0.15, 0.2) is 5.82 Å². The summed E-state index contributed by atoms with van der Waals surface area (Å²) in [4.78, 5) is 8.59. The first-order chi connectivity index (χ1) is 9.72. The van der Waals surface area contributed by atoms with Gasteiger partial charge in [-0.15, -0.1) is 0 Å². The van der Waals surface area contributed by atoms with Crippen LogP contribution in [0.3, 0.4) is 0 Å². The molecule has 2 aromatic rings. The molecule has 0 bridgehead atoms. The van der Waals surface area contributed by atoms with E-state index in [1.165, 1.54) is 0 Å². The fourth-order valence-electron chi connectivity index (χ4n) is 2.78. The Labute approximate surface area is 117 Å². The van der Waals surface area contributed by atoms with Gasteiger partial charge in [0.25, 0.3) is 0 Å². The lowest BCUT2D eigenvalue weighted by Crippen LogP contribution is -2.22. The van der Waals surface area contributed by atoms with Gasteiger partial charge in [-0.1, -0.05) is 6.07 Å². The van der Waals surface area contributed by atoms with Crippen LogP contribution in [0.4, 0.5) is 5.82 Å². The summed E-state index contributed by atoms with van der Waals surface area (Å²) in [6.07, 6.45) is 3.08. The maximum Gasteiger partial charge on any atom is 0.153 e. The van der Waals surface area contributed by atoms with E-state index in [4.69, 9.17) is 0 Å². The van der Waals surface area contributed by atoms with Crippen molar-refractivity contribution in [2.45, 2.75) is 31.8 Å². The number of hydrogen-bond donors (Lipinski definition) is 3. The monoisotopic (exact) mass is 273 g/mol. The highest BCUT2D eigenvalue weighted by atomic mass is 16.3. The van der Waals surface area contributed by atoms with Crippen molar-refractivity contribution in [3.8, 4) is 0 Å². The molecule has 0 spiro atoms. The van der Waals surface area contributed by atoms with Crippen LogP contribution in [0.15, 0.2) is 24.4 Å². The molecule has 6 heteroatoms. The van der Waals surface area contributed by atoms with Gasteiger partial charge >= 0.3 is 0 Å². The lowest BCUT2D eigenvalue weighted by Gasteiger charge is -2.15. The zero-order valence-electron chi connectivity index (χ0n) is 11.5. The molecule has 0 unspecified atom stereocenters. The molecule has 3 atom stereocenters. The van der Waals surface area contributed by atoms with E-state index >= 15 is 0 Å². The van der Waals surface area contributed by atoms with Gasteiger partial charge in [0.2, 0.25) is 0 Å². The first-order valence-corrected chi connectivity index (χ1v) is 6.94. The largest absolute Gasteiger partial charge is 0.393 e. The molecule has 2 heterocycles. The van der Waals surface area contributed by atoms with Gasteiger partial charge in [0, 0.05) is 24.6 Å². The molecule has 0 radical (unpaired) electrons. The minimum atomic E-state index is -0.310. The van der Waals surface area contributed by atoms with E-state index in [-0.39, 0.29) is 17.9 Å². The molecule has 20 heavy (non-hydrogen) atoms. The van der Waals surface area contributed by atoms with Crippen molar-refractivity contribution < 1.29 is 5.11 Å². The number of aryl methyl sites for hydroxylation is 1. The molecule has 1 aliphatic rings. The van der Waals surface area contributed by atoms with Crippen LogP contribution in [0.1, 0.15) is 30.4 Å². The topological polar surface area (TPSA) is 86.7 Å². The fraction of sp³-hybridized carbons (Fsp3) is 0.500. The van der Waals surface area contributed by atoms with Crippen molar-refractivity contribution in [1.82, 2.24) is 20.2 Å². The van der Waals surface area contributed by atoms with Crippen molar-refractivity contribution >= 4 is 5.82 Å². The predicted octanol–water partition coefficient (Wildman–Crippen LogP) is 1.47. The number of aliphatic hydroxyl groups excluding tert-OH is 1. The zero-order valence-corrected chi connectivity index (χ0v) is 11.5. The molecule has 3 rings (SSSR count). The lowest BCUT2D eigenvalue weighted by atomic mass is 10.0. The van der Waals surface area contributed by atoms with Crippen LogP contribution in [0.25, 0.3) is 0 Å². The summed E-state index contributed by atoms with van der Waals surface area (Å²) < 4.78 is 0. The maximum absolute atomic E-state index is 10.2. The lowest BCUT2D eigenvalue weighted by molar-refractivity contribution is 0.137. The second-order valence-corrected chi connectivity index (χ2v) is 5.37. The van der Waals surface area contributed by atoms with Crippen molar-refractivity contribution in [2.24, 2.45) is 5.92 Å². The number of rotatable bonds is 4. The average molecular weight is 273 g/mol. The minimum Gasteiger partial charge on any atom is -0.393 e. The molecule has 1 aliphatic carbocycles.